The minimum atomic E-state index is 0.571. The number of aromatic nitrogens is 2. The van der Waals surface area contributed by atoms with Gasteiger partial charge in [-0.05, 0) is 44.9 Å². The van der Waals surface area contributed by atoms with Crippen LogP contribution in [0.2, 0.25) is 0 Å². The van der Waals surface area contributed by atoms with Gasteiger partial charge >= 0.3 is 0 Å². The molecule has 0 spiro atoms. The van der Waals surface area contributed by atoms with E-state index >= 15 is 0 Å². The molecule has 1 aliphatic heterocycles. The Kier molecular flexibility index (Phi) is 6.65. The molecule has 1 aromatic heterocycles. The van der Waals surface area contributed by atoms with Gasteiger partial charge in [0.1, 0.15) is 17.3 Å². The Balaban J connectivity index is 1.46. The highest BCUT2D eigenvalue weighted by molar-refractivity contribution is 5.40. The molecular weight excluding hydrogens is 362 g/mol. The number of hydrogen-bond acceptors (Lipinski definition) is 5. The molecule has 1 aromatic carbocycles. The maximum absolute atomic E-state index is 5.86. The summed E-state index contributed by atoms with van der Waals surface area (Å²) in [6.45, 7) is 8.13. The van der Waals surface area contributed by atoms with Gasteiger partial charge in [-0.1, -0.05) is 19.3 Å². The van der Waals surface area contributed by atoms with Crippen LogP contribution in [0.3, 0.4) is 0 Å². The van der Waals surface area contributed by atoms with Crippen LogP contribution in [0.1, 0.15) is 74.5 Å². The minimum absolute atomic E-state index is 0.571. The van der Waals surface area contributed by atoms with Gasteiger partial charge < -0.3 is 9.47 Å². The van der Waals surface area contributed by atoms with E-state index in [4.69, 9.17) is 19.4 Å². The van der Waals surface area contributed by atoms with Crippen LogP contribution in [0.4, 0.5) is 0 Å². The van der Waals surface area contributed by atoms with Crippen LogP contribution >= 0.6 is 0 Å². The van der Waals surface area contributed by atoms with Gasteiger partial charge in [-0.2, -0.15) is 0 Å². The first kappa shape index (κ1) is 20.1. The highest BCUT2D eigenvalue weighted by Gasteiger charge is 2.23. The molecule has 4 rings (SSSR count). The third-order valence-electron chi connectivity index (χ3n) is 6.04. The van der Waals surface area contributed by atoms with Crippen molar-refractivity contribution in [2.24, 2.45) is 0 Å². The molecule has 29 heavy (non-hydrogen) atoms. The highest BCUT2D eigenvalue weighted by Crippen LogP contribution is 2.32. The topological polar surface area (TPSA) is 47.5 Å². The molecule has 0 unspecified atom stereocenters. The van der Waals surface area contributed by atoms with E-state index in [-0.39, 0.29) is 0 Å². The van der Waals surface area contributed by atoms with Gasteiger partial charge in [0.25, 0.3) is 0 Å². The Labute approximate surface area is 174 Å². The van der Waals surface area contributed by atoms with E-state index in [2.05, 4.69) is 17.2 Å². The summed E-state index contributed by atoms with van der Waals surface area (Å²) in [4.78, 5) is 12.2. The van der Waals surface area contributed by atoms with E-state index in [1.807, 2.05) is 26.0 Å². The Bertz CT molecular complexity index is 818. The molecule has 0 amide bonds. The molecule has 1 fully saturated rings. The number of hydrogen-bond donors (Lipinski definition) is 0. The van der Waals surface area contributed by atoms with Crippen LogP contribution in [0.5, 0.6) is 11.5 Å². The second kappa shape index (κ2) is 9.57. The number of benzene rings is 1. The first-order chi connectivity index (χ1) is 14.3. The van der Waals surface area contributed by atoms with Crippen molar-refractivity contribution in [1.29, 1.82) is 0 Å². The zero-order chi connectivity index (χ0) is 20.1. The molecule has 0 saturated heterocycles. The fourth-order valence-electron chi connectivity index (χ4n) is 4.56. The summed E-state index contributed by atoms with van der Waals surface area (Å²) < 4.78 is 11.6. The molecule has 5 nitrogen and oxygen atoms in total. The van der Waals surface area contributed by atoms with Crippen LogP contribution in [0.25, 0.3) is 0 Å². The fourth-order valence-corrected chi connectivity index (χ4v) is 4.56. The number of fused-ring (bicyclic) bond motifs is 1. The normalized spacial score (nSPS) is 17.7. The number of rotatable bonds is 7. The van der Waals surface area contributed by atoms with Gasteiger partial charge in [0.2, 0.25) is 0 Å². The second-order valence-electron chi connectivity index (χ2n) is 8.13. The number of nitrogens with zero attached hydrogens (tertiary/aromatic N) is 3. The molecule has 1 saturated carbocycles. The van der Waals surface area contributed by atoms with Crippen molar-refractivity contribution in [3.05, 3.63) is 47.0 Å². The quantitative estimate of drug-likeness (QED) is 0.669. The maximum atomic E-state index is 5.86. The summed E-state index contributed by atoms with van der Waals surface area (Å²) >= 11 is 0. The van der Waals surface area contributed by atoms with Gasteiger partial charge in [-0.3, -0.25) is 4.90 Å². The molecule has 0 atom stereocenters. The van der Waals surface area contributed by atoms with Crippen LogP contribution in [0.15, 0.2) is 24.4 Å². The van der Waals surface area contributed by atoms with Gasteiger partial charge in [0.15, 0.2) is 0 Å². The Morgan fingerprint density at radius 1 is 1.07 bits per heavy atom. The maximum Gasteiger partial charge on any atom is 0.131 e. The largest absolute Gasteiger partial charge is 0.494 e. The summed E-state index contributed by atoms with van der Waals surface area (Å²) in [7, 11) is 0. The first-order valence-electron chi connectivity index (χ1n) is 11.2. The summed E-state index contributed by atoms with van der Waals surface area (Å²) in [5, 5.41) is 0. The van der Waals surface area contributed by atoms with Crippen molar-refractivity contribution in [3.63, 3.8) is 0 Å². The van der Waals surface area contributed by atoms with Crippen LogP contribution in [-0.2, 0) is 19.5 Å². The van der Waals surface area contributed by atoms with Crippen molar-refractivity contribution in [3.8, 4) is 11.5 Å². The Hall–Kier alpha value is -2.14. The average molecular weight is 396 g/mol. The molecule has 2 heterocycles. The van der Waals surface area contributed by atoms with Gasteiger partial charge in [-0.25, -0.2) is 9.97 Å². The van der Waals surface area contributed by atoms with E-state index in [9.17, 15) is 0 Å². The summed E-state index contributed by atoms with van der Waals surface area (Å²) in [5.41, 5.74) is 3.71. The molecule has 1 aliphatic carbocycles. The van der Waals surface area contributed by atoms with Crippen molar-refractivity contribution in [2.75, 3.05) is 19.8 Å². The highest BCUT2D eigenvalue weighted by atomic mass is 16.5. The summed E-state index contributed by atoms with van der Waals surface area (Å²) in [5.74, 6) is 3.51. The van der Waals surface area contributed by atoms with Gasteiger partial charge in [0.05, 0.1) is 13.2 Å². The van der Waals surface area contributed by atoms with Crippen molar-refractivity contribution in [2.45, 2.75) is 71.4 Å². The van der Waals surface area contributed by atoms with E-state index in [1.165, 1.54) is 48.9 Å². The minimum Gasteiger partial charge on any atom is -0.494 e. The molecule has 156 valence electrons. The number of ether oxygens (including phenoxy) is 2. The van der Waals surface area contributed by atoms with E-state index in [0.29, 0.717) is 19.1 Å². The lowest BCUT2D eigenvalue weighted by Gasteiger charge is -2.29. The van der Waals surface area contributed by atoms with Crippen LogP contribution < -0.4 is 9.47 Å². The molecule has 2 aliphatic rings. The summed E-state index contributed by atoms with van der Waals surface area (Å²) in [6, 6.07) is 6.14. The van der Waals surface area contributed by atoms with E-state index in [1.54, 1.807) is 0 Å². The predicted octanol–water partition coefficient (Wildman–Crippen LogP) is 4.88. The molecule has 0 radical (unpaired) electrons. The third-order valence-corrected chi connectivity index (χ3v) is 6.04. The lowest BCUT2D eigenvalue weighted by molar-refractivity contribution is 0.235. The Morgan fingerprint density at radius 2 is 1.90 bits per heavy atom. The average Bonchev–Trinajstić information content (AvgIpc) is 2.76. The monoisotopic (exact) mass is 395 g/mol. The zero-order valence-corrected chi connectivity index (χ0v) is 17.8. The lowest BCUT2D eigenvalue weighted by Crippen LogP contribution is -2.31. The van der Waals surface area contributed by atoms with Crippen molar-refractivity contribution in [1.82, 2.24) is 14.9 Å². The lowest BCUT2D eigenvalue weighted by atomic mass is 9.88. The molecule has 2 aromatic rings. The fraction of sp³-hybridized carbons (Fsp3) is 0.583. The van der Waals surface area contributed by atoms with Gasteiger partial charge in [0, 0.05) is 55.0 Å². The molecule has 0 bridgehead atoms. The van der Waals surface area contributed by atoms with Gasteiger partial charge in [-0.15, -0.1) is 0 Å². The summed E-state index contributed by atoms with van der Waals surface area (Å²) in [6.07, 6.45) is 9.59. The molecule has 5 heteroatoms. The van der Waals surface area contributed by atoms with Crippen LogP contribution in [-0.4, -0.2) is 34.6 Å². The van der Waals surface area contributed by atoms with Crippen molar-refractivity contribution >= 4 is 0 Å². The SMILES string of the molecule is CCOc1ccc(OCC)c(CN2CCc3nc(C4CCCCC4)ncc3C2)c1. The van der Waals surface area contributed by atoms with E-state index in [0.717, 1.165) is 43.4 Å². The molecular formula is C24H33N3O2. The zero-order valence-electron chi connectivity index (χ0n) is 17.8. The third kappa shape index (κ3) is 4.89. The second-order valence-corrected chi connectivity index (χ2v) is 8.13. The molecule has 0 N–H and O–H groups in total. The standard InChI is InChI=1S/C24H33N3O2/c1-3-28-21-10-11-23(29-4-2)19(14-21)16-27-13-12-22-20(17-27)15-25-24(26-22)18-8-6-5-7-9-18/h10-11,14-15,18H,3-9,12-13,16-17H2,1-2H3. The predicted molar refractivity (Wildman–Crippen MR) is 114 cm³/mol. The van der Waals surface area contributed by atoms with Crippen molar-refractivity contribution < 1.29 is 9.47 Å². The van der Waals surface area contributed by atoms with E-state index < -0.39 is 0 Å². The van der Waals surface area contributed by atoms with Crippen LogP contribution in [0, 0.1) is 0 Å². The Morgan fingerprint density at radius 3 is 2.69 bits per heavy atom. The smallest absolute Gasteiger partial charge is 0.131 e. The first-order valence-corrected chi connectivity index (χ1v) is 11.2.